The van der Waals surface area contributed by atoms with Gasteiger partial charge >= 0.3 is 0 Å². The molecule has 2 N–H and O–H groups in total. The summed E-state index contributed by atoms with van der Waals surface area (Å²) in [7, 11) is 1.82. The van der Waals surface area contributed by atoms with Gasteiger partial charge in [0.15, 0.2) is 0 Å². The molecule has 0 spiro atoms. The predicted molar refractivity (Wildman–Crippen MR) is 74.8 cm³/mol. The van der Waals surface area contributed by atoms with Crippen molar-refractivity contribution in [1.82, 2.24) is 20.4 Å². The van der Waals surface area contributed by atoms with Gasteiger partial charge in [0.1, 0.15) is 0 Å². The molecule has 1 heterocycles. The smallest absolute Gasteiger partial charge is 0.239 e. The minimum atomic E-state index is -0.259. The van der Waals surface area contributed by atoms with Crippen LogP contribution in [0.3, 0.4) is 0 Å². The number of carbonyl (C=O) groups excluding carboxylic acids is 2. The number of hydrogen-bond acceptors (Lipinski definition) is 4. The molecule has 110 valence electrons. The largest absolute Gasteiger partial charge is 0.355 e. The van der Waals surface area contributed by atoms with Gasteiger partial charge in [-0.05, 0) is 20.4 Å². The average Bonchev–Trinajstić information content (AvgIpc) is 2.44. The highest BCUT2D eigenvalue weighted by Crippen LogP contribution is 2.03. The summed E-state index contributed by atoms with van der Waals surface area (Å²) in [6, 6.07) is -0.259. The highest BCUT2D eigenvalue weighted by molar-refractivity contribution is 5.83. The molecule has 0 radical (unpaired) electrons. The first kappa shape index (κ1) is 15.9. The second-order valence-corrected chi connectivity index (χ2v) is 5.02. The Hall–Kier alpha value is -1.14. The van der Waals surface area contributed by atoms with Crippen LogP contribution in [0.5, 0.6) is 0 Å². The molecule has 1 aliphatic rings. The van der Waals surface area contributed by atoms with Gasteiger partial charge in [0.05, 0.1) is 12.6 Å². The highest BCUT2D eigenvalue weighted by Gasteiger charge is 2.25. The Morgan fingerprint density at radius 1 is 1.37 bits per heavy atom. The fourth-order valence-electron chi connectivity index (χ4n) is 2.02. The third kappa shape index (κ3) is 5.16. The molecular formula is C13H26N4O2. The zero-order chi connectivity index (χ0) is 14.3. The first-order valence-corrected chi connectivity index (χ1v) is 7.02. The van der Waals surface area contributed by atoms with Gasteiger partial charge in [-0.2, -0.15) is 0 Å². The van der Waals surface area contributed by atoms with Crippen molar-refractivity contribution < 1.29 is 9.59 Å². The van der Waals surface area contributed by atoms with Crippen LogP contribution in [0.2, 0.25) is 0 Å². The summed E-state index contributed by atoms with van der Waals surface area (Å²) in [5, 5.41) is 6.04. The fourth-order valence-corrected chi connectivity index (χ4v) is 2.02. The van der Waals surface area contributed by atoms with Crippen molar-refractivity contribution in [3.63, 3.8) is 0 Å². The molecule has 1 rings (SSSR count). The van der Waals surface area contributed by atoms with Crippen molar-refractivity contribution in [1.29, 1.82) is 0 Å². The summed E-state index contributed by atoms with van der Waals surface area (Å²) in [6.07, 6.45) is 0.921. The second-order valence-electron chi connectivity index (χ2n) is 5.02. The zero-order valence-electron chi connectivity index (χ0n) is 12.2. The minimum Gasteiger partial charge on any atom is -0.355 e. The maximum Gasteiger partial charge on any atom is 0.239 e. The lowest BCUT2D eigenvalue weighted by molar-refractivity contribution is -0.137. The molecule has 0 saturated carbocycles. The van der Waals surface area contributed by atoms with Crippen molar-refractivity contribution in [2.24, 2.45) is 0 Å². The van der Waals surface area contributed by atoms with Crippen LogP contribution in [0, 0.1) is 0 Å². The van der Waals surface area contributed by atoms with Crippen LogP contribution >= 0.6 is 0 Å². The molecule has 1 unspecified atom stereocenters. The number of nitrogens with zero attached hydrogens (tertiary/aromatic N) is 2. The van der Waals surface area contributed by atoms with Crippen LogP contribution in [0.4, 0.5) is 0 Å². The first-order valence-electron chi connectivity index (χ1n) is 7.02. The summed E-state index contributed by atoms with van der Waals surface area (Å²) in [5.74, 6) is 0.0802. The van der Waals surface area contributed by atoms with Crippen LogP contribution in [0.1, 0.15) is 20.3 Å². The zero-order valence-corrected chi connectivity index (χ0v) is 12.2. The van der Waals surface area contributed by atoms with E-state index in [1.807, 2.05) is 25.8 Å². The van der Waals surface area contributed by atoms with Crippen LogP contribution in [0.25, 0.3) is 0 Å². The minimum absolute atomic E-state index is 0.0238. The van der Waals surface area contributed by atoms with Crippen LogP contribution in [0.15, 0.2) is 0 Å². The maximum atomic E-state index is 12.3. The monoisotopic (exact) mass is 270 g/mol. The lowest BCUT2D eigenvalue weighted by Crippen LogP contribution is -2.53. The number of piperazine rings is 1. The van der Waals surface area contributed by atoms with Crippen molar-refractivity contribution in [3.8, 4) is 0 Å². The Morgan fingerprint density at radius 3 is 2.58 bits per heavy atom. The molecule has 0 aromatic heterocycles. The van der Waals surface area contributed by atoms with Gasteiger partial charge in [-0.15, -0.1) is 0 Å². The molecule has 1 aliphatic heterocycles. The van der Waals surface area contributed by atoms with Gasteiger partial charge in [0, 0.05) is 32.7 Å². The number of rotatable bonds is 6. The summed E-state index contributed by atoms with van der Waals surface area (Å²) in [5.41, 5.74) is 0. The van der Waals surface area contributed by atoms with Gasteiger partial charge in [0.2, 0.25) is 11.8 Å². The van der Waals surface area contributed by atoms with Crippen LogP contribution in [-0.4, -0.2) is 74.0 Å². The summed E-state index contributed by atoms with van der Waals surface area (Å²) in [6.45, 7) is 8.01. The van der Waals surface area contributed by atoms with Gasteiger partial charge < -0.3 is 15.5 Å². The van der Waals surface area contributed by atoms with E-state index in [2.05, 4.69) is 10.6 Å². The van der Waals surface area contributed by atoms with Crippen molar-refractivity contribution in [2.75, 3.05) is 46.3 Å². The number of amides is 2. The topological polar surface area (TPSA) is 64.7 Å². The molecule has 1 saturated heterocycles. The molecule has 0 aliphatic carbocycles. The molecule has 6 nitrogen and oxygen atoms in total. The molecule has 2 amide bonds. The molecule has 0 aromatic rings. The van der Waals surface area contributed by atoms with E-state index < -0.39 is 0 Å². The maximum absolute atomic E-state index is 12.3. The summed E-state index contributed by atoms with van der Waals surface area (Å²) >= 11 is 0. The van der Waals surface area contributed by atoms with Crippen molar-refractivity contribution in [3.05, 3.63) is 0 Å². The van der Waals surface area contributed by atoms with Crippen LogP contribution < -0.4 is 10.6 Å². The van der Waals surface area contributed by atoms with Gasteiger partial charge in [-0.3, -0.25) is 14.5 Å². The molecular weight excluding hydrogens is 244 g/mol. The molecule has 1 fully saturated rings. The number of carbonyl (C=O) groups is 2. The molecule has 0 bridgehead atoms. The average molecular weight is 270 g/mol. The lowest BCUT2D eigenvalue weighted by Gasteiger charge is -2.32. The summed E-state index contributed by atoms with van der Waals surface area (Å²) in [4.78, 5) is 27.6. The normalized spacial score (nSPS) is 17.4. The number of nitrogens with one attached hydrogen (secondary N) is 2. The van der Waals surface area contributed by atoms with Gasteiger partial charge in [-0.1, -0.05) is 6.92 Å². The third-order valence-electron chi connectivity index (χ3n) is 3.41. The fraction of sp³-hybridized carbons (Fsp3) is 0.846. The predicted octanol–water partition coefficient (Wildman–Crippen LogP) is -0.735. The molecule has 6 heteroatoms. The highest BCUT2D eigenvalue weighted by atomic mass is 16.2. The van der Waals surface area contributed by atoms with E-state index in [4.69, 9.17) is 0 Å². The second kappa shape index (κ2) is 8.12. The van der Waals surface area contributed by atoms with E-state index in [0.29, 0.717) is 6.54 Å². The van der Waals surface area contributed by atoms with Crippen LogP contribution in [-0.2, 0) is 9.59 Å². The van der Waals surface area contributed by atoms with E-state index in [0.717, 1.165) is 32.6 Å². The third-order valence-corrected chi connectivity index (χ3v) is 3.41. The van der Waals surface area contributed by atoms with E-state index in [9.17, 15) is 9.59 Å². The van der Waals surface area contributed by atoms with E-state index in [1.54, 1.807) is 4.90 Å². The van der Waals surface area contributed by atoms with Gasteiger partial charge in [-0.25, -0.2) is 0 Å². The summed E-state index contributed by atoms with van der Waals surface area (Å²) < 4.78 is 0. The molecule has 1 atom stereocenters. The molecule has 0 aromatic carbocycles. The standard InChI is InChI=1S/C13H26N4O2/c1-4-5-15-12(18)10-16(3)11(2)13(19)17-8-6-14-7-9-17/h11,14H,4-10H2,1-3H3,(H,15,18). The Morgan fingerprint density at radius 2 is 2.00 bits per heavy atom. The quantitative estimate of drug-likeness (QED) is 0.667. The Kier molecular flexibility index (Phi) is 6.80. The Balaban J connectivity index is 2.39. The SMILES string of the molecule is CCCNC(=O)CN(C)C(C)C(=O)N1CCNCC1. The van der Waals surface area contributed by atoms with Crippen molar-refractivity contribution >= 4 is 11.8 Å². The van der Waals surface area contributed by atoms with Gasteiger partial charge in [0.25, 0.3) is 0 Å². The lowest BCUT2D eigenvalue weighted by atomic mass is 10.2. The Bertz CT molecular complexity index is 303. The first-order chi connectivity index (χ1) is 9.06. The molecule has 19 heavy (non-hydrogen) atoms. The Labute approximate surface area is 115 Å². The van der Waals surface area contributed by atoms with E-state index in [1.165, 1.54) is 0 Å². The van der Waals surface area contributed by atoms with E-state index in [-0.39, 0.29) is 24.4 Å². The van der Waals surface area contributed by atoms with Crippen molar-refractivity contribution in [2.45, 2.75) is 26.3 Å². The number of likely N-dealkylation sites (N-methyl/N-ethyl adjacent to an activating group) is 1. The number of hydrogen-bond donors (Lipinski definition) is 2. The van der Waals surface area contributed by atoms with E-state index >= 15 is 0 Å².